The van der Waals surface area contributed by atoms with E-state index < -0.39 is 0 Å². The summed E-state index contributed by atoms with van der Waals surface area (Å²) in [6.45, 7) is 6.76. The average Bonchev–Trinajstić information content (AvgIpc) is 3.59. The molecule has 7 heteroatoms. The Hall–Kier alpha value is -2.80. The number of hydrogen-bond acceptors (Lipinski definition) is 7. The third kappa shape index (κ3) is 3.26. The van der Waals surface area contributed by atoms with E-state index in [0.29, 0.717) is 5.92 Å². The third-order valence-corrected chi connectivity index (χ3v) is 5.43. The first-order chi connectivity index (χ1) is 13.8. The van der Waals surface area contributed by atoms with Gasteiger partial charge in [-0.1, -0.05) is 0 Å². The molecule has 2 fully saturated rings. The summed E-state index contributed by atoms with van der Waals surface area (Å²) in [6.07, 6.45) is 8.18. The van der Waals surface area contributed by atoms with Gasteiger partial charge in [-0.25, -0.2) is 15.0 Å². The highest BCUT2D eigenvalue weighted by molar-refractivity contribution is 5.94. The molecule has 0 atom stereocenters. The van der Waals surface area contributed by atoms with Crippen molar-refractivity contribution in [2.75, 3.05) is 42.9 Å². The van der Waals surface area contributed by atoms with Gasteiger partial charge in [-0.2, -0.15) is 0 Å². The number of fused-ring (bicyclic) bond motifs is 1. The molecule has 5 rings (SSSR count). The van der Waals surface area contributed by atoms with Gasteiger partial charge in [-0.3, -0.25) is 4.98 Å². The van der Waals surface area contributed by atoms with E-state index in [0.717, 1.165) is 61.3 Å². The number of hydrogen-bond donors (Lipinski definition) is 2. The topological polar surface area (TPSA) is 78.9 Å². The first-order valence-electron chi connectivity index (χ1n) is 10.1. The number of piperazine rings is 1. The van der Waals surface area contributed by atoms with Gasteiger partial charge in [-0.15, -0.1) is 0 Å². The highest BCUT2D eigenvalue weighted by Gasteiger charge is 2.29. The van der Waals surface area contributed by atoms with Crippen molar-refractivity contribution in [3.05, 3.63) is 36.3 Å². The summed E-state index contributed by atoms with van der Waals surface area (Å²) in [6, 6.07) is 3.99. The molecule has 2 N–H and O–H groups in total. The molecule has 0 unspecified atom stereocenters. The second-order valence-corrected chi connectivity index (χ2v) is 7.47. The van der Waals surface area contributed by atoms with Gasteiger partial charge in [0.15, 0.2) is 5.82 Å². The van der Waals surface area contributed by atoms with E-state index in [4.69, 9.17) is 9.97 Å². The van der Waals surface area contributed by atoms with Crippen LogP contribution in [0.15, 0.2) is 30.7 Å². The summed E-state index contributed by atoms with van der Waals surface area (Å²) in [5.74, 6) is 3.23. The van der Waals surface area contributed by atoms with Crippen LogP contribution in [0.2, 0.25) is 0 Å². The minimum absolute atomic E-state index is 0.605. The molecule has 1 saturated carbocycles. The molecule has 0 aromatic carbocycles. The van der Waals surface area contributed by atoms with Gasteiger partial charge < -0.3 is 15.5 Å². The smallest absolute Gasteiger partial charge is 0.162 e. The quantitative estimate of drug-likeness (QED) is 0.710. The Morgan fingerprint density at radius 3 is 2.82 bits per heavy atom. The number of pyridine rings is 2. The second kappa shape index (κ2) is 7.31. The van der Waals surface area contributed by atoms with Gasteiger partial charge in [0, 0.05) is 56.1 Å². The number of aromatic nitrogens is 4. The van der Waals surface area contributed by atoms with Crippen LogP contribution in [-0.4, -0.2) is 52.7 Å². The molecule has 0 amide bonds. The van der Waals surface area contributed by atoms with Crippen LogP contribution in [0.5, 0.6) is 0 Å². The zero-order valence-corrected chi connectivity index (χ0v) is 16.1. The molecule has 0 radical (unpaired) electrons. The molecule has 2 aliphatic rings. The van der Waals surface area contributed by atoms with Crippen LogP contribution in [0.4, 0.5) is 11.6 Å². The van der Waals surface area contributed by atoms with Gasteiger partial charge in [0.05, 0.1) is 11.7 Å². The van der Waals surface area contributed by atoms with Crippen molar-refractivity contribution in [2.45, 2.75) is 25.7 Å². The Morgan fingerprint density at radius 1 is 1.18 bits per heavy atom. The minimum atomic E-state index is 0.605. The zero-order valence-electron chi connectivity index (χ0n) is 16.1. The monoisotopic (exact) mass is 375 g/mol. The van der Waals surface area contributed by atoms with E-state index in [9.17, 15) is 0 Å². The molecule has 0 bridgehead atoms. The predicted octanol–water partition coefficient (Wildman–Crippen LogP) is 2.81. The Morgan fingerprint density at radius 2 is 2.04 bits per heavy atom. The normalized spacial score (nSPS) is 17.1. The molecule has 3 aromatic heterocycles. The lowest BCUT2D eigenvalue weighted by atomic mass is 10.1. The molecule has 4 heterocycles. The Balaban J connectivity index is 1.68. The Labute approximate surface area is 164 Å². The first kappa shape index (κ1) is 17.3. The van der Waals surface area contributed by atoms with Gasteiger partial charge in [-0.05, 0) is 43.4 Å². The lowest BCUT2D eigenvalue weighted by Crippen LogP contribution is -2.44. The standard InChI is InChI=1S/C21H25N7/c1-2-24-18-11-15(5-6-25-18)20-26-17-13-23-12-16(14-3-4-14)19(17)21(27-20)28-9-7-22-8-10-28/h5-6,11-14,22H,2-4,7-10H2,1H3,(H,24,25). The maximum absolute atomic E-state index is 5.07. The molecular formula is C21H25N7. The van der Waals surface area contributed by atoms with Gasteiger partial charge in [0.2, 0.25) is 0 Å². The number of rotatable bonds is 5. The second-order valence-electron chi connectivity index (χ2n) is 7.47. The van der Waals surface area contributed by atoms with Crippen LogP contribution in [-0.2, 0) is 0 Å². The molecule has 3 aromatic rings. The fourth-order valence-corrected chi connectivity index (χ4v) is 3.87. The van der Waals surface area contributed by atoms with Gasteiger partial charge in [0.25, 0.3) is 0 Å². The Bertz CT molecular complexity index is 993. The van der Waals surface area contributed by atoms with Crippen molar-refractivity contribution in [1.29, 1.82) is 0 Å². The van der Waals surface area contributed by atoms with Crippen molar-refractivity contribution < 1.29 is 0 Å². The number of nitrogens with one attached hydrogen (secondary N) is 2. The third-order valence-electron chi connectivity index (χ3n) is 5.43. The van der Waals surface area contributed by atoms with E-state index in [-0.39, 0.29) is 0 Å². The summed E-state index contributed by atoms with van der Waals surface area (Å²) < 4.78 is 0. The van der Waals surface area contributed by atoms with Crippen LogP contribution in [0.1, 0.15) is 31.2 Å². The maximum atomic E-state index is 5.07. The Kier molecular flexibility index (Phi) is 4.52. The van der Waals surface area contributed by atoms with E-state index in [1.165, 1.54) is 23.8 Å². The van der Waals surface area contributed by atoms with Crippen molar-refractivity contribution in [3.8, 4) is 11.4 Å². The highest BCUT2D eigenvalue weighted by atomic mass is 15.2. The number of nitrogens with zero attached hydrogens (tertiary/aromatic N) is 5. The molecule has 7 nitrogen and oxygen atoms in total. The largest absolute Gasteiger partial charge is 0.370 e. The lowest BCUT2D eigenvalue weighted by molar-refractivity contribution is 0.586. The van der Waals surface area contributed by atoms with E-state index in [2.05, 4.69) is 32.4 Å². The molecule has 144 valence electrons. The fourth-order valence-electron chi connectivity index (χ4n) is 3.87. The molecule has 1 saturated heterocycles. The summed E-state index contributed by atoms with van der Waals surface area (Å²) in [7, 11) is 0. The van der Waals surface area contributed by atoms with E-state index in [1.807, 2.05) is 30.7 Å². The first-order valence-corrected chi connectivity index (χ1v) is 10.1. The summed E-state index contributed by atoms with van der Waals surface area (Å²) >= 11 is 0. The van der Waals surface area contributed by atoms with Crippen molar-refractivity contribution in [2.24, 2.45) is 0 Å². The molecule has 0 spiro atoms. The van der Waals surface area contributed by atoms with Crippen molar-refractivity contribution in [3.63, 3.8) is 0 Å². The van der Waals surface area contributed by atoms with Crippen LogP contribution in [0.25, 0.3) is 22.3 Å². The molecule has 1 aliphatic heterocycles. The van der Waals surface area contributed by atoms with E-state index in [1.54, 1.807) is 0 Å². The van der Waals surface area contributed by atoms with Crippen LogP contribution in [0.3, 0.4) is 0 Å². The number of anilines is 2. The minimum Gasteiger partial charge on any atom is -0.370 e. The highest BCUT2D eigenvalue weighted by Crippen LogP contribution is 2.44. The van der Waals surface area contributed by atoms with Gasteiger partial charge in [0.1, 0.15) is 11.6 Å². The van der Waals surface area contributed by atoms with Crippen LogP contribution < -0.4 is 15.5 Å². The lowest BCUT2D eigenvalue weighted by Gasteiger charge is -2.30. The van der Waals surface area contributed by atoms with Crippen LogP contribution >= 0.6 is 0 Å². The fraction of sp³-hybridized carbons (Fsp3) is 0.429. The summed E-state index contributed by atoms with van der Waals surface area (Å²) in [4.78, 5) is 21.2. The molecular weight excluding hydrogens is 350 g/mol. The van der Waals surface area contributed by atoms with Crippen molar-refractivity contribution in [1.82, 2.24) is 25.3 Å². The van der Waals surface area contributed by atoms with Gasteiger partial charge >= 0.3 is 0 Å². The summed E-state index contributed by atoms with van der Waals surface area (Å²) in [5, 5.41) is 7.89. The van der Waals surface area contributed by atoms with Crippen molar-refractivity contribution >= 4 is 22.5 Å². The molecule has 1 aliphatic carbocycles. The molecule has 28 heavy (non-hydrogen) atoms. The maximum Gasteiger partial charge on any atom is 0.162 e. The SMILES string of the molecule is CCNc1cc(-c2nc(N3CCNCC3)c3c(C4CC4)cncc3n2)ccn1. The zero-order chi connectivity index (χ0) is 18.9. The van der Waals surface area contributed by atoms with Crippen LogP contribution in [0, 0.1) is 0 Å². The van der Waals surface area contributed by atoms with E-state index >= 15 is 0 Å². The summed E-state index contributed by atoms with van der Waals surface area (Å²) in [5.41, 5.74) is 3.21. The predicted molar refractivity (Wildman–Crippen MR) is 112 cm³/mol. The average molecular weight is 375 g/mol.